The molecule has 15 aromatic rings. The van der Waals surface area contributed by atoms with Gasteiger partial charge in [-0.05, 0) is 208 Å². The minimum absolute atomic E-state index is 0.484. The average molecular weight is 1210 g/mol. The van der Waals surface area contributed by atoms with E-state index in [1.807, 2.05) is 0 Å². The van der Waals surface area contributed by atoms with E-state index in [1.165, 1.54) is 139 Å². The summed E-state index contributed by atoms with van der Waals surface area (Å²) in [6.07, 6.45) is 6.91. The first-order valence-electron chi connectivity index (χ1n) is 33.5. The molecule has 0 saturated carbocycles. The van der Waals surface area contributed by atoms with E-state index >= 15 is 0 Å². The third-order valence-corrected chi connectivity index (χ3v) is 22.0. The van der Waals surface area contributed by atoms with Crippen molar-refractivity contribution in [2.24, 2.45) is 0 Å². The van der Waals surface area contributed by atoms with Crippen molar-refractivity contribution < 1.29 is 0 Å². The summed E-state index contributed by atoms with van der Waals surface area (Å²) in [5.41, 5.74) is 33.7. The molecule has 20 rings (SSSR count). The zero-order chi connectivity index (χ0) is 62.4. The van der Waals surface area contributed by atoms with Gasteiger partial charge in [0, 0.05) is 33.5 Å². The first-order chi connectivity index (χ1) is 47.1. The number of anilines is 3. The molecule has 1 aromatic heterocycles. The van der Waals surface area contributed by atoms with Crippen LogP contribution >= 0.6 is 0 Å². The maximum absolute atomic E-state index is 2.53. The van der Waals surface area contributed by atoms with Crippen LogP contribution < -0.4 is 4.90 Å². The fraction of sp³-hybridized carbons (Fsp3) is 0.0538. The van der Waals surface area contributed by atoms with Crippen LogP contribution in [-0.2, 0) is 16.2 Å². The molecule has 0 amide bonds. The summed E-state index contributed by atoms with van der Waals surface area (Å²) in [7, 11) is 0. The lowest BCUT2D eigenvalue weighted by atomic mass is 9.66. The van der Waals surface area contributed by atoms with Gasteiger partial charge in [0.05, 0.1) is 27.3 Å². The molecule has 95 heavy (non-hydrogen) atoms. The first-order valence-corrected chi connectivity index (χ1v) is 33.5. The topological polar surface area (TPSA) is 8.17 Å². The molecular formula is C93H62N2. The Bertz CT molecular complexity index is 5510. The van der Waals surface area contributed by atoms with Gasteiger partial charge in [-0.25, -0.2) is 0 Å². The number of aromatic nitrogens is 1. The second-order valence-electron chi connectivity index (χ2n) is 26.4. The summed E-state index contributed by atoms with van der Waals surface area (Å²) in [4.78, 5) is 2.53. The Morgan fingerprint density at radius 1 is 0.274 bits per heavy atom. The molecule has 0 saturated heterocycles. The maximum Gasteiger partial charge on any atom is 0.0726 e. The molecule has 2 nitrogen and oxygen atoms in total. The van der Waals surface area contributed by atoms with E-state index in [9.17, 15) is 0 Å². The predicted octanol–water partition coefficient (Wildman–Crippen LogP) is 23.1. The lowest BCUT2D eigenvalue weighted by Crippen LogP contribution is -2.29. The van der Waals surface area contributed by atoms with Gasteiger partial charge in [0.25, 0.3) is 0 Å². The van der Waals surface area contributed by atoms with Crippen molar-refractivity contribution in [1.82, 2.24) is 4.57 Å². The molecule has 5 aliphatic carbocycles. The van der Waals surface area contributed by atoms with Gasteiger partial charge in [-0.1, -0.05) is 279 Å². The molecule has 14 aromatic carbocycles. The summed E-state index contributed by atoms with van der Waals surface area (Å²) in [6.45, 7) is 0. The van der Waals surface area contributed by atoms with Crippen LogP contribution in [0.1, 0.15) is 79.6 Å². The maximum atomic E-state index is 2.53. The second kappa shape index (κ2) is 20.6. The van der Waals surface area contributed by atoms with Crippen molar-refractivity contribution in [3.8, 4) is 50.2 Å². The minimum atomic E-state index is -0.583. The number of allylic oxidation sites excluding steroid dienone is 4. The average Bonchev–Trinajstić information content (AvgIpc) is 1.54. The fourth-order valence-electron chi connectivity index (χ4n) is 18.3. The van der Waals surface area contributed by atoms with Crippen LogP contribution in [0.2, 0.25) is 0 Å². The highest BCUT2D eigenvalue weighted by Gasteiger charge is 2.53. The minimum Gasteiger partial charge on any atom is -0.310 e. The lowest BCUT2D eigenvalue weighted by Gasteiger charge is -2.35. The van der Waals surface area contributed by atoms with Gasteiger partial charge in [0.15, 0.2) is 0 Å². The normalized spacial score (nSPS) is 16.0. The third-order valence-electron chi connectivity index (χ3n) is 22.0. The van der Waals surface area contributed by atoms with Crippen molar-refractivity contribution in [1.29, 1.82) is 0 Å². The van der Waals surface area contributed by atoms with Gasteiger partial charge in [0.2, 0.25) is 0 Å². The van der Waals surface area contributed by atoms with Gasteiger partial charge in [-0.3, -0.25) is 0 Å². The lowest BCUT2D eigenvalue weighted by molar-refractivity contribution is 0.758. The molecule has 444 valence electrons. The highest BCUT2D eigenvalue weighted by Crippen LogP contribution is 2.65. The highest BCUT2D eigenvalue weighted by molar-refractivity contribution is 6.11. The Morgan fingerprint density at radius 3 is 1.21 bits per heavy atom. The van der Waals surface area contributed by atoms with E-state index in [0.29, 0.717) is 0 Å². The van der Waals surface area contributed by atoms with E-state index in [2.05, 4.69) is 361 Å². The van der Waals surface area contributed by atoms with Gasteiger partial charge in [0.1, 0.15) is 0 Å². The molecule has 0 radical (unpaired) electrons. The van der Waals surface area contributed by atoms with E-state index in [4.69, 9.17) is 0 Å². The molecule has 0 N–H and O–H groups in total. The monoisotopic (exact) mass is 1210 g/mol. The summed E-state index contributed by atoms with van der Waals surface area (Å²) < 4.78 is 2.46. The number of nitrogens with zero attached hydrogens (tertiary/aromatic N) is 2. The number of hydrogen-bond acceptors (Lipinski definition) is 1. The molecule has 0 fully saturated rings. The van der Waals surface area contributed by atoms with Gasteiger partial charge in [-0.15, -0.1) is 0 Å². The Kier molecular flexibility index (Phi) is 11.7. The van der Waals surface area contributed by atoms with E-state index in [-0.39, 0.29) is 0 Å². The molecule has 0 aliphatic heterocycles. The van der Waals surface area contributed by atoms with Crippen molar-refractivity contribution >= 4 is 44.4 Å². The molecule has 0 bridgehead atoms. The van der Waals surface area contributed by atoms with Crippen molar-refractivity contribution in [3.63, 3.8) is 0 Å². The summed E-state index contributed by atoms with van der Waals surface area (Å²) in [6, 6.07) is 129. The largest absolute Gasteiger partial charge is 0.310 e. The molecule has 1 heterocycles. The van der Waals surface area contributed by atoms with Crippen LogP contribution in [0.25, 0.3) is 77.6 Å². The Hall–Kier alpha value is -11.8. The number of rotatable bonds is 9. The molecule has 1 unspecified atom stereocenters. The number of hydrogen-bond donors (Lipinski definition) is 0. The number of fused-ring (bicyclic) bond motifs is 18. The van der Waals surface area contributed by atoms with Crippen molar-refractivity contribution in [2.45, 2.75) is 29.1 Å². The molecule has 1 atom stereocenters. The van der Waals surface area contributed by atoms with Crippen LogP contribution in [0, 0.1) is 0 Å². The molecule has 1 spiro atoms. The Balaban J connectivity index is 0.791. The van der Waals surface area contributed by atoms with Gasteiger partial charge < -0.3 is 9.47 Å². The predicted molar refractivity (Wildman–Crippen MR) is 393 cm³/mol. The van der Waals surface area contributed by atoms with Gasteiger partial charge in [-0.2, -0.15) is 0 Å². The fourth-order valence-corrected chi connectivity index (χ4v) is 18.3. The smallest absolute Gasteiger partial charge is 0.0726 e. The van der Waals surface area contributed by atoms with Crippen molar-refractivity contribution in [2.75, 3.05) is 4.90 Å². The standard InChI is InChI=1S/C93H62N2/c1-5-25-63(26-6-1)91(64-27-7-2-8-28-64)81-39-19-15-37-75(81)77-53-51-69(59-87(77)91)94(70-52-54-78-76-38-18-24-44-86(76)93(88(78)60-70)84-42-22-16-35-73(84)74-36-17-23-43-85(74)93)68-49-45-61(46-50-68)62-47-55-89-79(57-62)80-58-66(48-56-90(80)95(89)67-31-11-4-12-32-67)92(65-29-9-3-10-30-65)82-40-20-13-33-71(82)72-34-14-21-41-83(72)92/h1-13,15-33,35-60H,14,34H2. The van der Waals surface area contributed by atoms with Crippen LogP contribution in [0.4, 0.5) is 17.1 Å². The summed E-state index contributed by atoms with van der Waals surface area (Å²) in [5, 5.41) is 2.46. The highest BCUT2D eigenvalue weighted by atomic mass is 15.1. The Morgan fingerprint density at radius 2 is 0.674 bits per heavy atom. The molecular weight excluding hydrogens is 1150 g/mol. The van der Waals surface area contributed by atoms with Crippen LogP contribution in [0.3, 0.4) is 0 Å². The van der Waals surface area contributed by atoms with Crippen molar-refractivity contribution in [3.05, 3.63) is 424 Å². The van der Waals surface area contributed by atoms with E-state index in [0.717, 1.165) is 41.2 Å². The quantitative estimate of drug-likeness (QED) is 0.140. The van der Waals surface area contributed by atoms with Crippen LogP contribution in [-0.4, -0.2) is 4.57 Å². The van der Waals surface area contributed by atoms with Crippen LogP contribution in [0.15, 0.2) is 357 Å². The van der Waals surface area contributed by atoms with E-state index < -0.39 is 16.2 Å². The zero-order valence-corrected chi connectivity index (χ0v) is 52.3. The number of benzene rings is 14. The third kappa shape index (κ3) is 7.34. The zero-order valence-electron chi connectivity index (χ0n) is 52.3. The summed E-state index contributed by atoms with van der Waals surface area (Å²) in [5.74, 6) is 0. The van der Waals surface area contributed by atoms with E-state index in [1.54, 1.807) is 0 Å². The van der Waals surface area contributed by atoms with Crippen LogP contribution in [0.5, 0.6) is 0 Å². The molecule has 5 aliphatic rings. The number of para-hydroxylation sites is 1. The second-order valence-corrected chi connectivity index (χ2v) is 26.4. The Labute approximate surface area is 554 Å². The summed E-state index contributed by atoms with van der Waals surface area (Å²) >= 11 is 0. The first kappa shape index (κ1) is 53.8. The molecule has 2 heteroatoms. The SMILES string of the molecule is C1=CC2=C(CC1)c1ccccc1C2(c1ccccc1)c1ccc2c(c1)c1cc(-c3ccc(N(c4ccc5c(c4)C(c4ccccc4)(c4ccccc4)c4ccccc4-5)c4ccc5c(c4)C4(c6ccccc6-c6ccccc64)c4ccccc4-5)cc3)ccc1n2-c1ccccc1. The van der Waals surface area contributed by atoms with Gasteiger partial charge >= 0.3 is 0 Å².